The van der Waals surface area contributed by atoms with Crippen molar-refractivity contribution in [1.29, 1.82) is 0 Å². The predicted molar refractivity (Wildman–Crippen MR) is 100 cm³/mol. The van der Waals surface area contributed by atoms with Crippen LogP contribution in [0.25, 0.3) is 12.2 Å². The summed E-state index contributed by atoms with van der Waals surface area (Å²) in [6.07, 6.45) is 6.72. The molecule has 6 heteroatoms. The summed E-state index contributed by atoms with van der Waals surface area (Å²) < 4.78 is 0. The third-order valence-electron chi connectivity index (χ3n) is 3.12. The van der Waals surface area contributed by atoms with E-state index in [1.165, 1.54) is 42.5 Å². The Hall–Kier alpha value is -2.69. The molecule has 0 saturated carbocycles. The highest BCUT2D eigenvalue weighted by molar-refractivity contribution is 6.32. The van der Waals surface area contributed by atoms with Crippen LogP contribution in [0.3, 0.4) is 0 Å². The number of allylic oxidation sites excluding steroid dienone is 3. The minimum Gasteiger partial charge on any atom is -0.508 e. The van der Waals surface area contributed by atoms with Crippen molar-refractivity contribution < 1.29 is 20.1 Å². The number of aliphatic hydroxyl groups excluding tert-OH is 1. The molecule has 0 unspecified atom stereocenters. The number of benzene rings is 2. The highest BCUT2D eigenvalue weighted by atomic mass is 35.5. The van der Waals surface area contributed by atoms with Gasteiger partial charge in [0.05, 0.1) is 10.0 Å². The van der Waals surface area contributed by atoms with Crippen molar-refractivity contribution in [3.05, 3.63) is 81.6 Å². The van der Waals surface area contributed by atoms with Gasteiger partial charge in [0.25, 0.3) is 0 Å². The van der Waals surface area contributed by atoms with Crippen molar-refractivity contribution in [3.63, 3.8) is 0 Å². The Bertz CT molecular complexity index is 883. The maximum Gasteiger partial charge on any atom is 0.182 e. The molecule has 25 heavy (non-hydrogen) atoms. The number of phenolic OH excluding ortho intramolecular Hbond substituents is 2. The first kappa shape index (κ1) is 18.6. The molecule has 3 N–H and O–H groups in total. The fourth-order valence-electron chi connectivity index (χ4n) is 1.86. The van der Waals surface area contributed by atoms with Gasteiger partial charge in [-0.25, -0.2) is 0 Å². The SMILES string of the molecule is O=C(C=Cc1ccc(O)c(Cl)c1)C=C(O)C=Cc1ccc(O)c(Cl)c1. The largest absolute Gasteiger partial charge is 0.508 e. The van der Waals surface area contributed by atoms with E-state index in [0.717, 1.165) is 6.08 Å². The molecule has 128 valence electrons. The zero-order chi connectivity index (χ0) is 18.4. The second-order valence-electron chi connectivity index (χ2n) is 5.06. The number of hydrogen-bond donors (Lipinski definition) is 3. The van der Waals surface area contributed by atoms with Gasteiger partial charge in [0.1, 0.15) is 17.3 Å². The summed E-state index contributed by atoms with van der Waals surface area (Å²) in [6.45, 7) is 0. The molecule has 0 fully saturated rings. The molecule has 0 amide bonds. The summed E-state index contributed by atoms with van der Waals surface area (Å²) in [6, 6.07) is 9.10. The smallest absolute Gasteiger partial charge is 0.182 e. The maximum absolute atomic E-state index is 11.8. The highest BCUT2D eigenvalue weighted by Gasteiger charge is 2.00. The molecule has 0 radical (unpaired) electrons. The molecule has 0 bridgehead atoms. The van der Waals surface area contributed by atoms with Crippen LogP contribution in [-0.4, -0.2) is 21.1 Å². The fourth-order valence-corrected chi connectivity index (χ4v) is 2.23. The van der Waals surface area contributed by atoms with E-state index in [0.29, 0.717) is 11.1 Å². The van der Waals surface area contributed by atoms with Gasteiger partial charge in [-0.05, 0) is 47.5 Å². The summed E-state index contributed by atoms with van der Waals surface area (Å²) in [5.74, 6) is -0.729. The number of ketones is 1. The van der Waals surface area contributed by atoms with Crippen LogP contribution in [0.4, 0.5) is 0 Å². The lowest BCUT2D eigenvalue weighted by Crippen LogP contribution is -1.88. The molecule has 2 rings (SSSR count). The maximum atomic E-state index is 11.8. The molecule has 0 aliphatic rings. The first-order valence-corrected chi connectivity index (χ1v) is 7.88. The van der Waals surface area contributed by atoms with Crippen LogP contribution in [0.2, 0.25) is 10.0 Å². The van der Waals surface area contributed by atoms with Gasteiger partial charge in [0, 0.05) is 6.08 Å². The van der Waals surface area contributed by atoms with E-state index in [4.69, 9.17) is 23.2 Å². The molecule has 4 nitrogen and oxygen atoms in total. The Balaban J connectivity index is 2.03. The summed E-state index contributed by atoms with van der Waals surface area (Å²) >= 11 is 11.6. The quantitative estimate of drug-likeness (QED) is 0.383. The van der Waals surface area contributed by atoms with Crippen LogP contribution in [0.5, 0.6) is 11.5 Å². The van der Waals surface area contributed by atoms with Crippen molar-refractivity contribution in [1.82, 2.24) is 0 Å². The molecule has 2 aromatic rings. The van der Waals surface area contributed by atoms with E-state index in [1.54, 1.807) is 18.2 Å². The minimum atomic E-state index is -0.421. The van der Waals surface area contributed by atoms with Gasteiger partial charge in [0.2, 0.25) is 0 Å². The lowest BCUT2D eigenvalue weighted by atomic mass is 10.1. The van der Waals surface area contributed by atoms with Crippen LogP contribution >= 0.6 is 23.2 Å². The fraction of sp³-hybridized carbons (Fsp3) is 0. The van der Waals surface area contributed by atoms with Gasteiger partial charge >= 0.3 is 0 Å². The second kappa shape index (κ2) is 8.42. The lowest BCUT2D eigenvalue weighted by molar-refractivity contribution is -0.110. The third kappa shape index (κ3) is 5.71. The van der Waals surface area contributed by atoms with Gasteiger partial charge in [-0.1, -0.05) is 47.5 Å². The van der Waals surface area contributed by atoms with E-state index in [9.17, 15) is 20.1 Å². The molecular weight excluding hydrogens is 363 g/mol. The van der Waals surface area contributed by atoms with Gasteiger partial charge < -0.3 is 15.3 Å². The van der Waals surface area contributed by atoms with E-state index in [-0.39, 0.29) is 27.3 Å². The Labute approximate surface area is 154 Å². The van der Waals surface area contributed by atoms with Crippen LogP contribution in [0.15, 0.2) is 60.4 Å². The van der Waals surface area contributed by atoms with E-state index in [1.807, 2.05) is 0 Å². The average Bonchev–Trinajstić information content (AvgIpc) is 2.57. The molecule has 0 aromatic heterocycles. The Morgan fingerprint density at radius 2 is 1.32 bits per heavy atom. The number of rotatable bonds is 5. The Kier molecular flexibility index (Phi) is 6.28. The molecule has 0 aliphatic carbocycles. The van der Waals surface area contributed by atoms with Crippen molar-refractivity contribution in [2.75, 3.05) is 0 Å². The van der Waals surface area contributed by atoms with E-state index < -0.39 is 5.78 Å². The molecule has 2 aromatic carbocycles. The molecular formula is C19H14Cl2O4. The normalized spacial score (nSPS) is 12.2. The zero-order valence-electron chi connectivity index (χ0n) is 12.9. The molecule has 0 heterocycles. The monoisotopic (exact) mass is 376 g/mol. The molecule has 0 saturated heterocycles. The van der Waals surface area contributed by atoms with E-state index >= 15 is 0 Å². The lowest BCUT2D eigenvalue weighted by Gasteiger charge is -1.98. The van der Waals surface area contributed by atoms with Gasteiger partial charge in [-0.2, -0.15) is 0 Å². The van der Waals surface area contributed by atoms with Crippen LogP contribution in [0.1, 0.15) is 11.1 Å². The van der Waals surface area contributed by atoms with Crippen molar-refractivity contribution in [2.45, 2.75) is 0 Å². The van der Waals surface area contributed by atoms with Gasteiger partial charge in [-0.15, -0.1) is 0 Å². The number of carbonyl (C=O) groups excluding carboxylic acids is 1. The first-order chi connectivity index (χ1) is 11.8. The summed E-state index contributed by atoms with van der Waals surface area (Å²) in [5, 5.41) is 28.8. The Morgan fingerprint density at radius 3 is 1.80 bits per heavy atom. The number of carbonyl (C=O) groups is 1. The second-order valence-corrected chi connectivity index (χ2v) is 5.87. The summed E-state index contributed by atoms with van der Waals surface area (Å²) in [7, 11) is 0. The number of phenols is 2. The van der Waals surface area contributed by atoms with Crippen molar-refractivity contribution >= 4 is 41.1 Å². The van der Waals surface area contributed by atoms with Gasteiger partial charge in [0.15, 0.2) is 5.78 Å². The van der Waals surface area contributed by atoms with E-state index in [2.05, 4.69) is 0 Å². The average molecular weight is 377 g/mol. The zero-order valence-corrected chi connectivity index (χ0v) is 14.4. The molecule has 0 atom stereocenters. The number of halogens is 2. The number of aliphatic hydroxyl groups is 1. The van der Waals surface area contributed by atoms with Crippen LogP contribution in [-0.2, 0) is 4.79 Å². The number of hydrogen-bond acceptors (Lipinski definition) is 4. The van der Waals surface area contributed by atoms with Crippen molar-refractivity contribution in [3.8, 4) is 11.5 Å². The molecule has 0 spiro atoms. The van der Waals surface area contributed by atoms with Gasteiger partial charge in [-0.3, -0.25) is 4.79 Å². The highest BCUT2D eigenvalue weighted by Crippen LogP contribution is 2.25. The van der Waals surface area contributed by atoms with Crippen LogP contribution < -0.4 is 0 Å². The minimum absolute atomic E-state index is 0.0340. The Morgan fingerprint density at radius 1 is 0.840 bits per heavy atom. The summed E-state index contributed by atoms with van der Waals surface area (Å²) in [4.78, 5) is 11.8. The van der Waals surface area contributed by atoms with Crippen LogP contribution in [0, 0.1) is 0 Å². The number of aromatic hydroxyl groups is 2. The predicted octanol–water partition coefficient (Wildman–Crippen LogP) is 5.14. The third-order valence-corrected chi connectivity index (χ3v) is 3.73. The topological polar surface area (TPSA) is 77.8 Å². The van der Waals surface area contributed by atoms with Crippen molar-refractivity contribution in [2.24, 2.45) is 0 Å². The molecule has 0 aliphatic heterocycles. The first-order valence-electron chi connectivity index (χ1n) is 7.13. The standard InChI is InChI=1S/C19H14Cl2O4/c20-16-9-12(3-7-18(16)24)1-5-14(22)11-15(23)6-2-13-4-8-19(25)17(21)10-13/h1-11,22,24-25H. The summed E-state index contributed by atoms with van der Waals surface area (Å²) in [5.41, 5.74) is 1.29.